The van der Waals surface area contributed by atoms with E-state index in [0.29, 0.717) is 23.2 Å². The van der Waals surface area contributed by atoms with Crippen molar-refractivity contribution in [3.63, 3.8) is 0 Å². The van der Waals surface area contributed by atoms with Crippen LogP contribution in [-0.4, -0.2) is 47.8 Å². The maximum absolute atomic E-state index is 13.3. The summed E-state index contributed by atoms with van der Waals surface area (Å²) in [6.07, 6.45) is 4.19. The van der Waals surface area contributed by atoms with Crippen molar-refractivity contribution in [2.24, 2.45) is 0 Å². The van der Waals surface area contributed by atoms with Gasteiger partial charge in [0.15, 0.2) is 16.4 Å². The molecule has 2 aromatic heterocycles. The zero-order valence-electron chi connectivity index (χ0n) is 20.4. The number of carbonyl (C=O) groups is 2. The Morgan fingerprint density at radius 2 is 1.89 bits per heavy atom. The normalized spacial score (nSPS) is 19.0. The zero-order valence-corrected chi connectivity index (χ0v) is 21.2. The van der Waals surface area contributed by atoms with E-state index in [-0.39, 0.29) is 29.9 Å². The molecule has 8 heteroatoms. The van der Waals surface area contributed by atoms with Crippen molar-refractivity contribution < 1.29 is 22.7 Å². The molecule has 1 aliphatic carbocycles. The molecule has 1 saturated heterocycles. The number of aryl methyl sites for hydroxylation is 3. The highest BCUT2D eigenvalue weighted by Gasteiger charge is 2.32. The number of fused-ring (bicyclic) bond motifs is 2. The monoisotopic (exact) mass is 494 g/mol. The van der Waals surface area contributed by atoms with E-state index < -0.39 is 15.8 Å². The highest BCUT2D eigenvalue weighted by molar-refractivity contribution is 7.91. The summed E-state index contributed by atoms with van der Waals surface area (Å²) >= 11 is 0. The van der Waals surface area contributed by atoms with Gasteiger partial charge in [0.25, 0.3) is 0 Å². The fourth-order valence-electron chi connectivity index (χ4n) is 5.65. The molecule has 1 fully saturated rings. The summed E-state index contributed by atoms with van der Waals surface area (Å²) in [4.78, 5) is 31.2. The van der Waals surface area contributed by atoms with Gasteiger partial charge in [-0.15, -0.1) is 0 Å². The van der Waals surface area contributed by atoms with Crippen LogP contribution in [0, 0.1) is 20.8 Å². The number of aromatic nitrogens is 2. The number of hydrogen-bond acceptors (Lipinski definition) is 6. The quantitative estimate of drug-likeness (QED) is 0.389. The Labute approximate surface area is 205 Å². The summed E-state index contributed by atoms with van der Waals surface area (Å²) in [5.41, 5.74) is 6.23. The Hall–Kier alpha value is -3.00. The summed E-state index contributed by atoms with van der Waals surface area (Å²) in [6.45, 7) is 5.31. The lowest BCUT2D eigenvalue weighted by atomic mass is 9.89. The minimum Gasteiger partial charge on any atom is -0.454 e. The van der Waals surface area contributed by atoms with Crippen LogP contribution in [0.3, 0.4) is 0 Å². The predicted octanol–water partition coefficient (Wildman–Crippen LogP) is 4.24. The second-order valence-corrected chi connectivity index (χ2v) is 12.1. The maximum Gasteiger partial charge on any atom is 0.339 e. The average Bonchev–Trinajstić information content (AvgIpc) is 3.32. The minimum absolute atomic E-state index is 0.0889. The van der Waals surface area contributed by atoms with Gasteiger partial charge >= 0.3 is 5.97 Å². The molecule has 0 radical (unpaired) electrons. The molecule has 35 heavy (non-hydrogen) atoms. The van der Waals surface area contributed by atoms with Gasteiger partial charge in [0.05, 0.1) is 22.6 Å². The first-order chi connectivity index (χ1) is 16.6. The second-order valence-electron chi connectivity index (χ2n) is 9.85. The number of sulfone groups is 1. The molecule has 7 nitrogen and oxygen atoms in total. The second kappa shape index (κ2) is 8.90. The first kappa shape index (κ1) is 23.7. The number of ketones is 1. The number of hydrogen-bond donors (Lipinski definition) is 0. The zero-order chi connectivity index (χ0) is 24.9. The molecule has 1 aliphatic heterocycles. The lowest BCUT2D eigenvalue weighted by molar-refractivity contribution is 0.0475. The van der Waals surface area contributed by atoms with Gasteiger partial charge in [-0.2, -0.15) is 0 Å². The van der Waals surface area contributed by atoms with E-state index in [2.05, 4.69) is 0 Å². The van der Waals surface area contributed by atoms with E-state index in [1.165, 1.54) is 0 Å². The van der Waals surface area contributed by atoms with Gasteiger partial charge in [-0.25, -0.2) is 13.2 Å². The fourth-order valence-corrected chi connectivity index (χ4v) is 7.35. The van der Waals surface area contributed by atoms with Gasteiger partial charge in [-0.3, -0.25) is 9.78 Å². The first-order valence-corrected chi connectivity index (χ1v) is 14.0. The number of Topliss-reactive ketones (excluding diaryl/α,β-unsaturated/α-hetero) is 1. The van der Waals surface area contributed by atoms with Crippen molar-refractivity contribution in [2.45, 2.75) is 58.9 Å². The summed E-state index contributed by atoms with van der Waals surface area (Å²) in [7, 11) is -3.05. The first-order valence-electron chi connectivity index (χ1n) is 12.2. The SMILES string of the molecule is Cc1ccc2nc3c(c(C(=O)OCC(=O)c4cc(C)n(C5CCS(=O)(=O)C5)c4C)c2c1)CCCC3. The minimum atomic E-state index is -3.05. The van der Waals surface area contributed by atoms with E-state index in [1.807, 2.05) is 43.5 Å². The van der Waals surface area contributed by atoms with Crippen LogP contribution in [0.1, 0.15) is 74.2 Å². The number of benzene rings is 1. The molecule has 0 amide bonds. The van der Waals surface area contributed by atoms with Crippen molar-refractivity contribution in [2.75, 3.05) is 18.1 Å². The highest BCUT2D eigenvalue weighted by atomic mass is 32.2. The van der Waals surface area contributed by atoms with E-state index in [1.54, 1.807) is 6.07 Å². The van der Waals surface area contributed by atoms with Crippen LogP contribution in [0.5, 0.6) is 0 Å². The van der Waals surface area contributed by atoms with Gasteiger partial charge in [-0.1, -0.05) is 11.6 Å². The third-order valence-electron chi connectivity index (χ3n) is 7.31. The molecule has 1 aromatic carbocycles. The topological polar surface area (TPSA) is 95.3 Å². The van der Waals surface area contributed by atoms with Crippen LogP contribution < -0.4 is 0 Å². The molecule has 0 N–H and O–H groups in total. The highest BCUT2D eigenvalue weighted by Crippen LogP contribution is 2.31. The van der Waals surface area contributed by atoms with Crippen molar-refractivity contribution in [3.05, 3.63) is 63.6 Å². The lowest BCUT2D eigenvalue weighted by Gasteiger charge is -2.20. The van der Waals surface area contributed by atoms with Gasteiger partial charge in [0.1, 0.15) is 0 Å². The van der Waals surface area contributed by atoms with Crippen LogP contribution in [0.2, 0.25) is 0 Å². The molecule has 0 bridgehead atoms. The Morgan fingerprint density at radius 1 is 1.11 bits per heavy atom. The Morgan fingerprint density at radius 3 is 2.63 bits per heavy atom. The molecule has 3 heterocycles. The third kappa shape index (κ3) is 4.40. The van der Waals surface area contributed by atoms with E-state index in [4.69, 9.17) is 9.72 Å². The number of rotatable bonds is 5. The van der Waals surface area contributed by atoms with E-state index in [9.17, 15) is 18.0 Å². The summed E-state index contributed by atoms with van der Waals surface area (Å²) in [6, 6.07) is 7.47. The van der Waals surface area contributed by atoms with Gasteiger partial charge in [0, 0.05) is 34.1 Å². The van der Waals surface area contributed by atoms with Crippen LogP contribution in [0.4, 0.5) is 0 Å². The van der Waals surface area contributed by atoms with Crippen molar-refractivity contribution in [3.8, 4) is 0 Å². The van der Waals surface area contributed by atoms with Crippen LogP contribution in [-0.2, 0) is 27.4 Å². The number of nitrogens with zero attached hydrogens (tertiary/aromatic N) is 2. The molecule has 184 valence electrons. The molecular weight excluding hydrogens is 464 g/mol. The number of esters is 1. The molecule has 3 aromatic rings. The summed E-state index contributed by atoms with van der Waals surface area (Å²) < 4.78 is 31.5. The van der Waals surface area contributed by atoms with Crippen molar-refractivity contribution in [1.82, 2.24) is 9.55 Å². The number of carbonyl (C=O) groups excluding carboxylic acids is 2. The predicted molar refractivity (Wildman–Crippen MR) is 134 cm³/mol. The van der Waals surface area contributed by atoms with Crippen LogP contribution in [0.15, 0.2) is 24.3 Å². The number of ether oxygens (including phenoxy) is 1. The fraction of sp³-hybridized carbons (Fsp3) is 0.444. The van der Waals surface area contributed by atoms with Crippen molar-refractivity contribution >= 4 is 32.5 Å². The summed E-state index contributed by atoms with van der Waals surface area (Å²) in [5.74, 6) is -0.530. The molecule has 1 unspecified atom stereocenters. The van der Waals surface area contributed by atoms with E-state index in [0.717, 1.165) is 59.1 Å². The Kier molecular flexibility index (Phi) is 6.03. The standard InChI is InChI=1S/C27H30N2O5S/c1-16-8-9-24-22(12-16)26(20-6-4-5-7-23(20)28-24)27(31)34-14-25(30)21-13-17(2)29(18(21)3)19-10-11-35(32,33)15-19/h8-9,12-13,19H,4-7,10-11,14-15H2,1-3H3. The van der Waals surface area contributed by atoms with Crippen molar-refractivity contribution in [1.29, 1.82) is 0 Å². The summed E-state index contributed by atoms with van der Waals surface area (Å²) in [5, 5.41) is 0.767. The average molecular weight is 495 g/mol. The van der Waals surface area contributed by atoms with Gasteiger partial charge < -0.3 is 9.30 Å². The molecule has 1 atom stereocenters. The smallest absolute Gasteiger partial charge is 0.339 e. The largest absolute Gasteiger partial charge is 0.454 e. The van der Waals surface area contributed by atoms with Crippen LogP contribution in [0.25, 0.3) is 10.9 Å². The Bertz CT molecular complexity index is 1470. The van der Waals surface area contributed by atoms with E-state index >= 15 is 0 Å². The molecular formula is C27H30N2O5S. The van der Waals surface area contributed by atoms with Crippen LogP contribution >= 0.6 is 0 Å². The Balaban J connectivity index is 1.40. The maximum atomic E-state index is 13.3. The van der Waals surface area contributed by atoms with Gasteiger partial charge in [0.2, 0.25) is 5.78 Å². The molecule has 2 aliphatic rings. The molecule has 0 saturated carbocycles. The molecule has 0 spiro atoms. The van der Waals surface area contributed by atoms with Gasteiger partial charge in [-0.05, 0) is 76.6 Å². The third-order valence-corrected chi connectivity index (χ3v) is 9.06. The molecule has 5 rings (SSSR count). The lowest BCUT2D eigenvalue weighted by Crippen LogP contribution is -2.19. The number of pyridine rings is 1.